The van der Waals surface area contributed by atoms with Crippen LogP contribution in [0.4, 0.5) is 5.95 Å². The van der Waals surface area contributed by atoms with E-state index in [4.69, 9.17) is 10.3 Å². The first-order valence-corrected chi connectivity index (χ1v) is 7.26. The lowest BCUT2D eigenvalue weighted by Gasteiger charge is -2.31. The van der Waals surface area contributed by atoms with Gasteiger partial charge in [-0.2, -0.15) is 4.98 Å². The fraction of sp³-hybridized carbons (Fsp3) is 0.846. The van der Waals surface area contributed by atoms with Gasteiger partial charge in [0, 0.05) is 32.6 Å². The molecule has 1 aromatic rings. The summed E-state index contributed by atoms with van der Waals surface area (Å²) >= 11 is 0. The molecule has 0 aromatic carbocycles. The van der Waals surface area contributed by atoms with Crippen LogP contribution in [-0.2, 0) is 6.42 Å². The van der Waals surface area contributed by atoms with Gasteiger partial charge in [0.15, 0.2) is 0 Å². The summed E-state index contributed by atoms with van der Waals surface area (Å²) in [6, 6.07) is 0. The van der Waals surface area contributed by atoms with Gasteiger partial charge >= 0.3 is 0 Å². The number of hydrogen-bond acceptors (Lipinski definition) is 6. The Bertz CT molecular complexity index is 360. The molecule has 0 aliphatic carbocycles. The van der Waals surface area contributed by atoms with Crippen molar-refractivity contribution in [3.8, 4) is 0 Å². The van der Waals surface area contributed by atoms with Gasteiger partial charge < -0.3 is 20.1 Å². The van der Waals surface area contributed by atoms with E-state index in [1.807, 2.05) is 0 Å². The molecule has 0 saturated carbocycles. The van der Waals surface area contributed by atoms with Crippen LogP contribution in [0.2, 0.25) is 0 Å². The van der Waals surface area contributed by atoms with Crippen molar-refractivity contribution in [2.24, 2.45) is 5.73 Å². The van der Waals surface area contributed by atoms with Crippen LogP contribution >= 0.6 is 0 Å². The van der Waals surface area contributed by atoms with Gasteiger partial charge in [-0.05, 0) is 31.6 Å². The van der Waals surface area contributed by atoms with Crippen LogP contribution in [0.5, 0.6) is 0 Å². The minimum absolute atomic E-state index is 0.755. The summed E-state index contributed by atoms with van der Waals surface area (Å²) in [5, 5.41) is 4.08. The highest BCUT2D eigenvalue weighted by Gasteiger charge is 2.18. The van der Waals surface area contributed by atoms with E-state index in [2.05, 4.69) is 27.0 Å². The third-order valence-corrected chi connectivity index (χ3v) is 3.59. The molecule has 2 heterocycles. The van der Waals surface area contributed by atoms with Crippen LogP contribution in [0.3, 0.4) is 0 Å². The molecule has 1 aliphatic heterocycles. The lowest BCUT2D eigenvalue weighted by molar-refractivity contribution is 0.308. The molecular formula is C13H25N5O. The molecule has 19 heavy (non-hydrogen) atoms. The van der Waals surface area contributed by atoms with Gasteiger partial charge in [-0.1, -0.05) is 12.8 Å². The van der Waals surface area contributed by atoms with Crippen LogP contribution in [0, 0.1) is 0 Å². The molecule has 6 heteroatoms. The summed E-state index contributed by atoms with van der Waals surface area (Å²) in [5.41, 5.74) is 5.47. The molecule has 1 aromatic heterocycles. The van der Waals surface area contributed by atoms with E-state index in [0.717, 1.165) is 63.8 Å². The Morgan fingerprint density at radius 2 is 1.84 bits per heavy atom. The van der Waals surface area contributed by atoms with Crippen molar-refractivity contribution >= 4 is 5.95 Å². The topological polar surface area (TPSA) is 71.4 Å². The van der Waals surface area contributed by atoms with Crippen molar-refractivity contribution in [2.45, 2.75) is 32.1 Å². The molecule has 0 atom stereocenters. The lowest BCUT2D eigenvalue weighted by atomic mass is 10.1. The zero-order chi connectivity index (χ0) is 13.5. The molecule has 0 bridgehead atoms. The van der Waals surface area contributed by atoms with Crippen LogP contribution in [0.15, 0.2) is 4.52 Å². The largest absolute Gasteiger partial charge is 0.337 e. The highest BCUT2D eigenvalue weighted by atomic mass is 16.5. The Morgan fingerprint density at radius 1 is 1.11 bits per heavy atom. The second kappa shape index (κ2) is 7.45. The van der Waals surface area contributed by atoms with Crippen molar-refractivity contribution in [1.82, 2.24) is 15.0 Å². The number of rotatable bonds is 7. The minimum atomic E-state index is 0.755. The van der Waals surface area contributed by atoms with E-state index in [1.165, 1.54) is 12.8 Å². The number of hydrogen-bond donors (Lipinski definition) is 1. The first kappa shape index (κ1) is 14.3. The fourth-order valence-electron chi connectivity index (χ4n) is 2.26. The minimum Gasteiger partial charge on any atom is -0.337 e. The number of likely N-dealkylation sites (N-methyl/N-ethyl adjacent to an activating group) is 1. The van der Waals surface area contributed by atoms with E-state index in [1.54, 1.807) is 0 Å². The molecule has 0 spiro atoms. The molecule has 0 radical (unpaired) electrons. The quantitative estimate of drug-likeness (QED) is 0.740. The molecule has 2 rings (SSSR count). The first-order valence-electron chi connectivity index (χ1n) is 7.26. The Hall–Kier alpha value is -1.14. The summed E-state index contributed by atoms with van der Waals surface area (Å²) in [6.07, 6.45) is 5.46. The van der Waals surface area contributed by atoms with E-state index in [-0.39, 0.29) is 0 Å². The predicted octanol–water partition coefficient (Wildman–Crippen LogP) is 0.883. The monoisotopic (exact) mass is 267 g/mol. The smallest absolute Gasteiger partial charge is 0.266 e. The summed E-state index contributed by atoms with van der Waals surface area (Å²) < 4.78 is 5.31. The molecular weight excluding hydrogens is 242 g/mol. The van der Waals surface area contributed by atoms with Crippen molar-refractivity contribution in [2.75, 3.05) is 44.7 Å². The SMILES string of the molecule is CN1CCN(c2noc(CCCCCCN)n2)CC1. The Morgan fingerprint density at radius 3 is 2.58 bits per heavy atom. The van der Waals surface area contributed by atoms with Crippen molar-refractivity contribution in [3.05, 3.63) is 5.89 Å². The maximum Gasteiger partial charge on any atom is 0.266 e. The Balaban J connectivity index is 1.72. The number of unbranched alkanes of at least 4 members (excludes halogenated alkanes) is 3. The van der Waals surface area contributed by atoms with Crippen molar-refractivity contribution < 1.29 is 4.52 Å². The van der Waals surface area contributed by atoms with Gasteiger partial charge in [0.2, 0.25) is 5.89 Å². The number of nitrogens with two attached hydrogens (primary N) is 1. The van der Waals surface area contributed by atoms with Gasteiger partial charge in [-0.3, -0.25) is 0 Å². The highest BCUT2D eigenvalue weighted by Crippen LogP contribution is 2.13. The van der Waals surface area contributed by atoms with E-state index in [0.29, 0.717) is 0 Å². The second-order valence-electron chi connectivity index (χ2n) is 5.23. The van der Waals surface area contributed by atoms with Crippen LogP contribution in [0.1, 0.15) is 31.6 Å². The third kappa shape index (κ3) is 4.47. The molecule has 6 nitrogen and oxygen atoms in total. The zero-order valence-electron chi connectivity index (χ0n) is 11.8. The van der Waals surface area contributed by atoms with E-state index in [9.17, 15) is 0 Å². The average molecular weight is 267 g/mol. The zero-order valence-corrected chi connectivity index (χ0v) is 11.8. The van der Waals surface area contributed by atoms with Crippen molar-refractivity contribution in [1.29, 1.82) is 0 Å². The first-order chi connectivity index (χ1) is 9.29. The average Bonchev–Trinajstić information content (AvgIpc) is 2.88. The summed E-state index contributed by atoms with van der Waals surface area (Å²) in [6.45, 7) is 4.86. The van der Waals surface area contributed by atoms with Crippen LogP contribution in [0.25, 0.3) is 0 Å². The van der Waals surface area contributed by atoms with Crippen LogP contribution < -0.4 is 10.6 Å². The fourth-order valence-corrected chi connectivity index (χ4v) is 2.26. The number of anilines is 1. The predicted molar refractivity (Wildman–Crippen MR) is 75.2 cm³/mol. The highest BCUT2D eigenvalue weighted by molar-refractivity contribution is 5.28. The molecule has 1 aliphatic rings. The molecule has 1 saturated heterocycles. The molecule has 0 unspecified atom stereocenters. The third-order valence-electron chi connectivity index (χ3n) is 3.59. The second-order valence-corrected chi connectivity index (χ2v) is 5.23. The number of piperazine rings is 1. The molecule has 2 N–H and O–H groups in total. The summed E-state index contributed by atoms with van der Waals surface area (Å²) in [4.78, 5) is 8.99. The van der Waals surface area contributed by atoms with Gasteiger partial charge in [0.1, 0.15) is 0 Å². The van der Waals surface area contributed by atoms with Gasteiger partial charge in [0.25, 0.3) is 5.95 Å². The molecule has 108 valence electrons. The Kier molecular flexibility index (Phi) is 5.60. The van der Waals surface area contributed by atoms with Crippen LogP contribution in [-0.4, -0.2) is 54.8 Å². The summed E-state index contributed by atoms with van der Waals surface area (Å²) in [7, 11) is 2.14. The van der Waals surface area contributed by atoms with Gasteiger partial charge in [0.05, 0.1) is 0 Å². The number of nitrogens with zero attached hydrogens (tertiary/aromatic N) is 4. The Labute approximate surface area is 114 Å². The van der Waals surface area contributed by atoms with E-state index < -0.39 is 0 Å². The lowest BCUT2D eigenvalue weighted by Crippen LogP contribution is -2.44. The molecule has 1 fully saturated rings. The standard InChI is InChI=1S/C13H25N5O/c1-17-8-10-18(11-9-17)13-15-12(19-16-13)6-4-2-3-5-7-14/h2-11,14H2,1H3. The normalized spacial score (nSPS) is 17.1. The molecule has 0 amide bonds. The van der Waals surface area contributed by atoms with E-state index >= 15 is 0 Å². The number of aromatic nitrogens is 2. The summed E-state index contributed by atoms with van der Waals surface area (Å²) in [5.74, 6) is 1.52. The maximum absolute atomic E-state index is 5.47. The van der Waals surface area contributed by atoms with Gasteiger partial charge in [-0.25, -0.2) is 0 Å². The van der Waals surface area contributed by atoms with Crippen molar-refractivity contribution in [3.63, 3.8) is 0 Å². The number of aryl methyl sites for hydroxylation is 1. The maximum atomic E-state index is 5.47. The van der Waals surface area contributed by atoms with Gasteiger partial charge in [-0.15, -0.1) is 0 Å².